The molecule has 2 atom stereocenters. The summed E-state index contributed by atoms with van der Waals surface area (Å²) in [7, 11) is 1.66. The summed E-state index contributed by atoms with van der Waals surface area (Å²) >= 11 is 0. The molecule has 0 aliphatic carbocycles. The second kappa shape index (κ2) is 8.94. The number of amides is 3. The number of anilines is 1. The number of cyclic esters (lactones) is 1. The van der Waals surface area contributed by atoms with Gasteiger partial charge in [-0.2, -0.15) is 0 Å². The van der Waals surface area contributed by atoms with Crippen molar-refractivity contribution in [1.82, 2.24) is 9.80 Å². The van der Waals surface area contributed by atoms with Crippen LogP contribution in [-0.4, -0.2) is 47.3 Å². The van der Waals surface area contributed by atoms with E-state index in [-0.39, 0.29) is 24.2 Å². The molecule has 1 aliphatic rings. The number of likely N-dealkylation sites (N-methyl/N-ethyl adjacent to an activating group) is 1. The molecule has 2 aromatic carbocycles. The Morgan fingerprint density at radius 3 is 2.53 bits per heavy atom. The summed E-state index contributed by atoms with van der Waals surface area (Å²) in [6.07, 6.45) is -1.47. The van der Waals surface area contributed by atoms with E-state index in [9.17, 15) is 18.8 Å². The molecule has 3 rings (SSSR count). The van der Waals surface area contributed by atoms with Gasteiger partial charge in [-0.25, -0.2) is 9.18 Å². The third kappa shape index (κ3) is 4.59. The van der Waals surface area contributed by atoms with Crippen molar-refractivity contribution >= 4 is 23.6 Å². The van der Waals surface area contributed by atoms with Crippen LogP contribution < -0.4 is 5.32 Å². The molecule has 8 heteroatoms. The number of ether oxygens (including phenoxy) is 1. The molecule has 0 aromatic heterocycles. The van der Waals surface area contributed by atoms with Crippen molar-refractivity contribution in [2.45, 2.75) is 32.5 Å². The molecule has 0 radical (unpaired) electrons. The predicted octanol–water partition coefficient (Wildman–Crippen LogP) is 3.32. The standard InChI is InChI=1S/C22H24FN3O4/c1-4-25(3)21(28)19-20(16-6-5-7-18(12-16)24-14(2)27)30-22(29)26(19)13-15-8-10-17(23)11-9-15/h5-12,19-20H,4,13H2,1-3H3,(H,24,27). The van der Waals surface area contributed by atoms with E-state index < -0.39 is 18.2 Å². The van der Waals surface area contributed by atoms with Crippen molar-refractivity contribution < 1.29 is 23.5 Å². The number of halogens is 1. The van der Waals surface area contributed by atoms with Crippen molar-refractivity contribution in [2.24, 2.45) is 0 Å². The van der Waals surface area contributed by atoms with Gasteiger partial charge in [-0.15, -0.1) is 0 Å². The van der Waals surface area contributed by atoms with Crippen LogP contribution in [0.25, 0.3) is 0 Å². The van der Waals surface area contributed by atoms with Crippen LogP contribution in [-0.2, 0) is 20.9 Å². The number of benzene rings is 2. The molecule has 1 N–H and O–H groups in total. The third-order valence-electron chi connectivity index (χ3n) is 4.99. The lowest BCUT2D eigenvalue weighted by Crippen LogP contribution is -2.46. The summed E-state index contributed by atoms with van der Waals surface area (Å²) in [4.78, 5) is 40.1. The lowest BCUT2D eigenvalue weighted by atomic mass is 9.99. The molecule has 0 bridgehead atoms. The summed E-state index contributed by atoms with van der Waals surface area (Å²) in [6.45, 7) is 3.81. The first-order valence-electron chi connectivity index (χ1n) is 9.64. The molecular formula is C22H24FN3O4. The lowest BCUT2D eigenvalue weighted by Gasteiger charge is -2.28. The smallest absolute Gasteiger partial charge is 0.411 e. The second-order valence-electron chi connectivity index (χ2n) is 7.16. The first-order chi connectivity index (χ1) is 14.3. The van der Waals surface area contributed by atoms with Gasteiger partial charge in [0.25, 0.3) is 0 Å². The number of carbonyl (C=O) groups excluding carboxylic acids is 3. The summed E-state index contributed by atoms with van der Waals surface area (Å²) in [5.41, 5.74) is 1.82. The van der Waals surface area contributed by atoms with E-state index in [0.29, 0.717) is 23.4 Å². The minimum Gasteiger partial charge on any atom is -0.438 e. The highest BCUT2D eigenvalue weighted by molar-refractivity contribution is 5.90. The lowest BCUT2D eigenvalue weighted by molar-refractivity contribution is -0.135. The van der Waals surface area contributed by atoms with Crippen molar-refractivity contribution in [1.29, 1.82) is 0 Å². The van der Waals surface area contributed by atoms with Gasteiger partial charge in [0.05, 0.1) is 6.54 Å². The first kappa shape index (κ1) is 21.3. The summed E-state index contributed by atoms with van der Waals surface area (Å²) in [6, 6.07) is 11.7. The van der Waals surface area contributed by atoms with Crippen LogP contribution >= 0.6 is 0 Å². The SMILES string of the molecule is CCN(C)C(=O)C1C(c2cccc(NC(C)=O)c2)OC(=O)N1Cc1ccc(F)cc1. The van der Waals surface area contributed by atoms with E-state index in [1.807, 2.05) is 6.92 Å². The highest BCUT2D eigenvalue weighted by Gasteiger charge is 2.47. The largest absolute Gasteiger partial charge is 0.438 e. The molecular weight excluding hydrogens is 389 g/mol. The Bertz CT molecular complexity index is 948. The molecule has 2 unspecified atom stereocenters. The Morgan fingerprint density at radius 2 is 1.90 bits per heavy atom. The molecule has 0 spiro atoms. The van der Waals surface area contributed by atoms with Gasteiger partial charge >= 0.3 is 6.09 Å². The van der Waals surface area contributed by atoms with Gasteiger partial charge in [-0.1, -0.05) is 24.3 Å². The van der Waals surface area contributed by atoms with Gasteiger partial charge in [0.2, 0.25) is 11.8 Å². The average molecular weight is 413 g/mol. The number of nitrogens with zero attached hydrogens (tertiary/aromatic N) is 2. The fourth-order valence-electron chi connectivity index (χ4n) is 3.36. The van der Waals surface area contributed by atoms with Crippen molar-refractivity contribution in [2.75, 3.05) is 18.9 Å². The van der Waals surface area contributed by atoms with Crippen LogP contribution in [0, 0.1) is 5.82 Å². The summed E-state index contributed by atoms with van der Waals surface area (Å²) in [5, 5.41) is 2.69. The molecule has 0 saturated carbocycles. The maximum atomic E-state index is 13.2. The molecule has 7 nitrogen and oxygen atoms in total. The van der Waals surface area contributed by atoms with Crippen LogP contribution in [0.4, 0.5) is 14.9 Å². The Kier molecular flexibility index (Phi) is 6.34. The molecule has 3 amide bonds. The quantitative estimate of drug-likeness (QED) is 0.788. The van der Waals surface area contributed by atoms with E-state index in [2.05, 4.69) is 5.32 Å². The average Bonchev–Trinajstić information content (AvgIpc) is 3.04. The zero-order valence-electron chi connectivity index (χ0n) is 17.1. The van der Waals surface area contributed by atoms with Crippen LogP contribution in [0.15, 0.2) is 48.5 Å². The van der Waals surface area contributed by atoms with E-state index in [4.69, 9.17) is 4.74 Å². The maximum Gasteiger partial charge on any atom is 0.411 e. The van der Waals surface area contributed by atoms with Crippen LogP contribution in [0.2, 0.25) is 0 Å². The second-order valence-corrected chi connectivity index (χ2v) is 7.16. The number of carbonyl (C=O) groups is 3. The summed E-state index contributed by atoms with van der Waals surface area (Å²) < 4.78 is 18.8. The molecule has 1 saturated heterocycles. The van der Waals surface area contributed by atoms with E-state index in [1.54, 1.807) is 43.4 Å². The predicted molar refractivity (Wildman–Crippen MR) is 109 cm³/mol. The minimum atomic E-state index is -0.889. The van der Waals surface area contributed by atoms with Crippen LogP contribution in [0.1, 0.15) is 31.1 Å². The third-order valence-corrected chi connectivity index (χ3v) is 4.99. The Hall–Kier alpha value is -3.42. The van der Waals surface area contributed by atoms with Crippen molar-refractivity contribution in [3.63, 3.8) is 0 Å². The fraction of sp³-hybridized carbons (Fsp3) is 0.318. The van der Waals surface area contributed by atoms with Gasteiger partial charge in [0, 0.05) is 26.2 Å². The topological polar surface area (TPSA) is 79.0 Å². The molecule has 1 aliphatic heterocycles. The van der Waals surface area contributed by atoms with Gasteiger partial charge in [0.1, 0.15) is 5.82 Å². The normalized spacial score (nSPS) is 18.1. The van der Waals surface area contributed by atoms with E-state index >= 15 is 0 Å². The van der Waals surface area contributed by atoms with Gasteiger partial charge < -0.3 is 15.0 Å². The fourth-order valence-corrected chi connectivity index (χ4v) is 3.36. The van der Waals surface area contributed by atoms with Crippen LogP contribution in [0.5, 0.6) is 0 Å². The van der Waals surface area contributed by atoms with Crippen LogP contribution in [0.3, 0.4) is 0 Å². The minimum absolute atomic E-state index is 0.106. The number of hydrogen-bond acceptors (Lipinski definition) is 4. The van der Waals surface area contributed by atoms with Gasteiger partial charge in [-0.05, 0) is 42.3 Å². The van der Waals surface area contributed by atoms with Gasteiger partial charge in [-0.3, -0.25) is 14.5 Å². The molecule has 158 valence electrons. The number of nitrogens with one attached hydrogen (secondary N) is 1. The number of hydrogen-bond donors (Lipinski definition) is 1. The molecule has 1 heterocycles. The highest BCUT2D eigenvalue weighted by Crippen LogP contribution is 2.35. The monoisotopic (exact) mass is 413 g/mol. The zero-order valence-corrected chi connectivity index (χ0v) is 17.1. The molecule has 2 aromatic rings. The van der Waals surface area contributed by atoms with Crippen molar-refractivity contribution in [3.8, 4) is 0 Å². The Balaban J connectivity index is 1.96. The molecule has 1 fully saturated rings. The Morgan fingerprint density at radius 1 is 1.20 bits per heavy atom. The summed E-state index contributed by atoms with van der Waals surface area (Å²) in [5.74, 6) is -0.874. The molecule has 30 heavy (non-hydrogen) atoms. The highest BCUT2D eigenvalue weighted by atomic mass is 19.1. The van der Waals surface area contributed by atoms with Gasteiger partial charge in [0.15, 0.2) is 12.1 Å². The maximum absolute atomic E-state index is 13.2. The van der Waals surface area contributed by atoms with Crippen molar-refractivity contribution in [3.05, 3.63) is 65.5 Å². The number of rotatable bonds is 6. The zero-order chi connectivity index (χ0) is 21.8. The first-order valence-corrected chi connectivity index (χ1v) is 9.64. The Labute approximate surface area is 174 Å². The van der Waals surface area contributed by atoms with E-state index in [1.165, 1.54) is 28.9 Å². The van der Waals surface area contributed by atoms with E-state index in [0.717, 1.165) is 0 Å².